The van der Waals surface area contributed by atoms with Crippen molar-refractivity contribution in [3.63, 3.8) is 0 Å². The van der Waals surface area contributed by atoms with Crippen LogP contribution in [0.5, 0.6) is 0 Å². The molecule has 4 aromatic rings. The summed E-state index contributed by atoms with van der Waals surface area (Å²) in [6, 6.07) is 13.7. The SMILES string of the molecule is O=C(C=Cc1ccc(-c2ccc(F)cc2)s1)NCc1nc(-c2ccncc2)no1. The fourth-order valence-corrected chi connectivity index (χ4v) is 3.45. The Morgan fingerprint density at radius 1 is 1.07 bits per heavy atom. The molecule has 1 aromatic carbocycles. The highest BCUT2D eigenvalue weighted by Gasteiger charge is 2.09. The van der Waals surface area contributed by atoms with Crippen LogP contribution < -0.4 is 5.32 Å². The topological polar surface area (TPSA) is 80.9 Å². The normalized spacial score (nSPS) is 11.1. The fourth-order valence-electron chi connectivity index (χ4n) is 2.54. The quantitative estimate of drug-likeness (QED) is 0.482. The Morgan fingerprint density at radius 3 is 2.66 bits per heavy atom. The summed E-state index contributed by atoms with van der Waals surface area (Å²) in [5.74, 6) is 0.217. The number of hydrogen-bond donors (Lipinski definition) is 1. The van der Waals surface area contributed by atoms with Crippen LogP contribution in [0.2, 0.25) is 0 Å². The molecule has 8 heteroatoms. The lowest BCUT2D eigenvalue weighted by molar-refractivity contribution is -0.116. The monoisotopic (exact) mass is 406 g/mol. The first-order chi connectivity index (χ1) is 14.2. The number of amides is 1. The lowest BCUT2D eigenvalue weighted by Crippen LogP contribution is -2.20. The van der Waals surface area contributed by atoms with Crippen LogP contribution in [0, 0.1) is 5.82 Å². The first-order valence-electron chi connectivity index (χ1n) is 8.72. The zero-order chi connectivity index (χ0) is 20.1. The van der Waals surface area contributed by atoms with E-state index in [0.717, 1.165) is 20.9 Å². The van der Waals surface area contributed by atoms with Crippen molar-refractivity contribution in [2.45, 2.75) is 6.54 Å². The standard InChI is InChI=1S/C21H15FN4O2S/c22-16-3-1-14(2-4-16)18-7-5-17(29-18)6-8-19(27)24-13-20-25-21(26-28-20)15-9-11-23-12-10-15/h1-12H,13H2,(H,24,27). The van der Waals surface area contributed by atoms with Crippen molar-refractivity contribution in [1.29, 1.82) is 0 Å². The highest BCUT2D eigenvalue weighted by molar-refractivity contribution is 7.16. The summed E-state index contributed by atoms with van der Waals surface area (Å²) in [6.07, 6.45) is 6.46. The lowest BCUT2D eigenvalue weighted by atomic mass is 10.2. The number of aromatic nitrogens is 3. The van der Waals surface area contributed by atoms with E-state index in [-0.39, 0.29) is 18.3 Å². The van der Waals surface area contributed by atoms with E-state index >= 15 is 0 Å². The van der Waals surface area contributed by atoms with Crippen LogP contribution in [0.1, 0.15) is 10.8 Å². The minimum Gasteiger partial charge on any atom is -0.343 e. The van der Waals surface area contributed by atoms with Gasteiger partial charge in [-0.2, -0.15) is 4.98 Å². The van der Waals surface area contributed by atoms with E-state index in [2.05, 4.69) is 20.4 Å². The van der Waals surface area contributed by atoms with E-state index < -0.39 is 0 Å². The van der Waals surface area contributed by atoms with Gasteiger partial charge in [-0.15, -0.1) is 11.3 Å². The van der Waals surface area contributed by atoms with E-state index in [1.807, 2.05) is 12.1 Å². The number of carbonyl (C=O) groups is 1. The van der Waals surface area contributed by atoms with Crippen LogP contribution in [0.4, 0.5) is 4.39 Å². The zero-order valence-electron chi connectivity index (χ0n) is 15.1. The molecule has 0 saturated carbocycles. The molecule has 0 atom stereocenters. The Labute approximate surface area is 169 Å². The molecular weight excluding hydrogens is 391 g/mol. The molecule has 144 valence electrons. The van der Waals surface area contributed by atoms with Gasteiger partial charge in [0, 0.05) is 33.8 Å². The average Bonchev–Trinajstić information content (AvgIpc) is 3.42. The summed E-state index contributed by atoms with van der Waals surface area (Å²) in [7, 11) is 0. The van der Waals surface area contributed by atoms with E-state index in [9.17, 15) is 9.18 Å². The zero-order valence-corrected chi connectivity index (χ0v) is 15.9. The van der Waals surface area contributed by atoms with Gasteiger partial charge in [0.05, 0.1) is 6.54 Å². The summed E-state index contributed by atoms with van der Waals surface area (Å²) in [4.78, 5) is 22.1. The van der Waals surface area contributed by atoms with Crippen molar-refractivity contribution in [3.05, 3.63) is 83.6 Å². The summed E-state index contributed by atoms with van der Waals surface area (Å²) < 4.78 is 18.2. The Hall–Kier alpha value is -3.65. The number of carbonyl (C=O) groups excluding carboxylic acids is 1. The molecule has 3 aromatic heterocycles. The van der Waals surface area contributed by atoms with Gasteiger partial charge in [-0.1, -0.05) is 17.3 Å². The minimum absolute atomic E-state index is 0.131. The maximum atomic E-state index is 13.0. The first kappa shape index (κ1) is 18.7. The minimum atomic E-state index is -0.273. The van der Waals surface area contributed by atoms with E-state index in [0.29, 0.717) is 11.7 Å². The number of nitrogens with zero attached hydrogens (tertiary/aromatic N) is 3. The molecule has 0 aliphatic rings. The van der Waals surface area contributed by atoms with Gasteiger partial charge in [-0.25, -0.2) is 4.39 Å². The number of thiophene rings is 1. The molecule has 0 radical (unpaired) electrons. The molecule has 0 fully saturated rings. The maximum absolute atomic E-state index is 13.0. The Kier molecular flexibility index (Phi) is 5.53. The molecule has 3 heterocycles. The molecule has 0 spiro atoms. The van der Waals surface area contributed by atoms with Crippen LogP contribution in [-0.4, -0.2) is 21.0 Å². The largest absolute Gasteiger partial charge is 0.343 e. The second-order valence-electron chi connectivity index (χ2n) is 6.01. The summed E-state index contributed by atoms with van der Waals surface area (Å²) in [5, 5.41) is 6.60. The Bertz CT molecular complexity index is 1140. The third kappa shape index (κ3) is 4.80. The van der Waals surface area contributed by atoms with Gasteiger partial charge < -0.3 is 9.84 Å². The second kappa shape index (κ2) is 8.57. The van der Waals surface area contributed by atoms with Gasteiger partial charge in [-0.3, -0.25) is 9.78 Å². The number of halogens is 1. The molecule has 29 heavy (non-hydrogen) atoms. The Balaban J connectivity index is 1.33. The number of benzene rings is 1. The third-order valence-corrected chi connectivity index (χ3v) is 5.07. The van der Waals surface area contributed by atoms with Gasteiger partial charge in [0.2, 0.25) is 17.6 Å². The van der Waals surface area contributed by atoms with Crippen molar-refractivity contribution >= 4 is 23.3 Å². The molecule has 1 N–H and O–H groups in total. The van der Waals surface area contributed by atoms with Crippen molar-refractivity contribution in [3.8, 4) is 21.8 Å². The average molecular weight is 406 g/mol. The number of rotatable bonds is 6. The van der Waals surface area contributed by atoms with Crippen molar-refractivity contribution in [2.24, 2.45) is 0 Å². The van der Waals surface area contributed by atoms with E-state index in [1.165, 1.54) is 29.5 Å². The van der Waals surface area contributed by atoms with Crippen molar-refractivity contribution < 1.29 is 13.7 Å². The highest BCUT2D eigenvalue weighted by Crippen LogP contribution is 2.28. The second-order valence-corrected chi connectivity index (χ2v) is 7.12. The molecule has 0 bridgehead atoms. The third-order valence-electron chi connectivity index (χ3n) is 3.97. The van der Waals surface area contributed by atoms with Gasteiger partial charge in [0.15, 0.2) is 0 Å². The predicted molar refractivity (Wildman–Crippen MR) is 108 cm³/mol. The first-order valence-corrected chi connectivity index (χ1v) is 9.54. The van der Waals surface area contributed by atoms with Crippen molar-refractivity contribution in [2.75, 3.05) is 0 Å². The maximum Gasteiger partial charge on any atom is 0.246 e. The molecule has 6 nitrogen and oxygen atoms in total. The summed E-state index contributed by atoms with van der Waals surface area (Å²) >= 11 is 1.51. The van der Waals surface area contributed by atoms with Crippen LogP contribution in [0.3, 0.4) is 0 Å². The highest BCUT2D eigenvalue weighted by atomic mass is 32.1. The van der Waals surface area contributed by atoms with Crippen LogP contribution in [0.15, 0.2) is 71.5 Å². The van der Waals surface area contributed by atoms with E-state index in [1.54, 1.807) is 42.7 Å². The molecule has 0 unspecified atom stereocenters. The molecule has 0 aliphatic heterocycles. The van der Waals surface area contributed by atoms with Gasteiger partial charge in [0.1, 0.15) is 5.82 Å². The smallest absolute Gasteiger partial charge is 0.246 e. The molecular formula is C21H15FN4O2S. The van der Waals surface area contributed by atoms with Crippen LogP contribution in [0.25, 0.3) is 27.9 Å². The van der Waals surface area contributed by atoms with Crippen LogP contribution in [-0.2, 0) is 11.3 Å². The molecule has 1 amide bonds. The molecule has 0 aliphatic carbocycles. The molecule has 0 saturated heterocycles. The predicted octanol–water partition coefficient (Wildman–Crippen LogP) is 4.33. The van der Waals surface area contributed by atoms with Crippen LogP contribution >= 0.6 is 11.3 Å². The fraction of sp³-hybridized carbons (Fsp3) is 0.0476. The van der Waals surface area contributed by atoms with Gasteiger partial charge >= 0.3 is 0 Å². The Morgan fingerprint density at radius 2 is 1.86 bits per heavy atom. The summed E-state index contributed by atoms with van der Waals surface area (Å²) in [5.41, 5.74) is 1.72. The van der Waals surface area contributed by atoms with E-state index in [4.69, 9.17) is 4.52 Å². The number of hydrogen-bond acceptors (Lipinski definition) is 6. The van der Waals surface area contributed by atoms with Gasteiger partial charge in [0.25, 0.3) is 0 Å². The number of pyridine rings is 1. The summed E-state index contributed by atoms with van der Waals surface area (Å²) in [6.45, 7) is 0.131. The van der Waals surface area contributed by atoms with Gasteiger partial charge in [-0.05, 0) is 48.0 Å². The number of nitrogens with one attached hydrogen (secondary N) is 1. The van der Waals surface area contributed by atoms with Crippen molar-refractivity contribution in [1.82, 2.24) is 20.4 Å². The molecule has 4 rings (SSSR count). The lowest BCUT2D eigenvalue weighted by Gasteiger charge is -1.97.